The van der Waals surface area contributed by atoms with Gasteiger partial charge < -0.3 is 9.88 Å². The van der Waals surface area contributed by atoms with Crippen molar-refractivity contribution in [1.82, 2.24) is 14.9 Å². The van der Waals surface area contributed by atoms with Gasteiger partial charge in [0.1, 0.15) is 0 Å². The summed E-state index contributed by atoms with van der Waals surface area (Å²) < 4.78 is 3.28. The summed E-state index contributed by atoms with van der Waals surface area (Å²) in [5.41, 5.74) is 1.36. The quantitative estimate of drug-likeness (QED) is 0.858. The Bertz CT molecular complexity index is 295. The number of rotatable bonds is 2. The summed E-state index contributed by atoms with van der Waals surface area (Å²) in [5.74, 6) is 0. The van der Waals surface area contributed by atoms with Crippen LogP contribution in [0, 0.1) is 0 Å². The number of aryl methyl sites for hydroxylation is 1. The third kappa shape index (κ3) is 1.65. The van der Waals surface area contributed by atoms with Crippen molar-refractivity contribution < 1.29 is 0 Å². The summed E-state index contributed by atoms with van der Waals surface area (Å²) in [6.45, 7) is 1.03. The molecule has 72 valence electrons. The molecule has 0 aromatic carbocycles. The van der Waals surface area contributed by atoms with E-state index in [0.717, 1.165) is 11.3 Å². The first-order valence-electron chi connectivity index (χ1n) is 4.69. The predicted octanol–water partition coefficient (Wildman–Crippen LogP) is 1.74. The summed E-state index contributed by atoms with van der Waals surface area (Å²) in [7, 11) is 2.00. The zero-order chi connectivity index (χ0) is 9.26. The van der Waals surface area contributed by atoms with Crippen LogP contribution >= 0.6 is 15.9 Å². The second-order valence-corrected chi connectivity index (χ2v) is 4.20. The molecule has 1 aromatic heterocycles. The number of nitrogens with zero attached hydrogens (tertiary/aromatic N) is 2. The maximum atomic E-state index is 4.28. The zero-order valence-corrected chi connectivity index (χ0v) is 9.34. The van der Waals surface area contributed by atoms with Crippen LogP contribution in [0.2, 0.25) is 0 Å². The average molecular weight is 244 g/mol. The van der Waals surface area contributed by atoms with Gasteiger partial charge in [-0.2, -0.15) is 0 Å². The van der Waals surface area contributed by atoms with Crippen molar-refractivity contribution in [1.29, 1.82) is 0 Å². The van der Waals surface area contributed by atoms with E-state index in [1.807, 2.05) is 13.2 Å². The monoisotopic (exact) mass is 243 g/mol. The van der Waals surface area contributed by atoms with Crippen molar-refractivity contribution in [2.75, 3.05) is 13.6 Å². The Hall–Kier alpha value is -0.350. The van der Waals surface area contributed by atoms with E-state index in [4.69, 9.17) is 0 Å². The van der Waals surface area contributed by atoms with Gasteiger partial charge in [0.05, 0.1) is 0 Å². The Balaban J connectivity index is 2.29. The van der Waals surface area contributed by atoms with Crippen LogP contribution in [-0.4, -0.2) is 23.1 Å². The van der Waals surface area contributed by atoms with Crippen LogP contribution in [0.4, 0.5) is 0 Å². The minimum absolute atomic E-state index is 0.575. The lowest BCUT2D eigenvalue weighted by atomic mass is 10.0. The normalized spacial score (nSPS) is 21.5. The van der Waals surface area contributed by atoms with E-state index < -0.39 is 0 Å². The first kappa shape index (κ1) is 9.21. The largest absolute Gasteiger partial charge is 0.318 e. The van der Waals surface area contributed by atoms with Crippen molar-refractivity contribution in [3.63, 3.8) is 0 Å². The molecular weight excluding hydrogens is 230 g/mol. The van der Waals surface area contributed by atoms with Gasteiger partial charge in [-0.05, 0) is 42.2 Å². The lowest BCUT2D eigenvalue weighted by Gasteiger charge is -2.25. The zero-order valence-electron chi connectivity index (χ0n) is 7.76. The third-order valence-electron chi connectivity index (χ3n) is 2.60. The van der Waals surface area contributed by atoms with E-state index in [0.29, 0.717) is 6.04 Å². The second-order valence-electron chi connectivity index (χ2n) is 3.49. The Morgan fingerprint density at radius 1 is 1.77 bits per heavy atom. The summed E-state index contributed by atoms with van der Waals surface area (Å²) in [4.78, 5) is 4.28. The highest BCUT2D eigenvalue weighted by Crippen LogP contribution is 2.28. The van der Waals surface area contributed by atoms with Crippen LogP contribution in [0.15, 0.2) is 10.9 Å². The Morgan fingerprint density at radius 3 is 3.38 bits per heavy atom. The molecule has 0 aliphatic carbocycles. The first-order chi connectivity index (χ1) is 6.33. The van der Waals surface area contributed by atoms with E-state index in [9.17, 15) is 0 Å². The molecule has 1 N–H and O–H groups in total. The molecule has 0 radical (unpaired) electrons. The highest BCUT2D eigenvalue weighted by molar-refractivity contribution is 9.10. The third-order valence-corrected chi connectivity index (χ3v) is 3.19. The maximum Gasteiger partial charge on any atom is 0.177 e. The van der Waals surface area contributed by atoms with E-state index in [1.54, 1.807) is 0 Å². The van der Waals surface area contributed by atoms with Crippen molar-refractivity contribution in [2.45, 2.75) is 25.3 Å². The highest BCUT2D eigenvalue weighted by atomic mass is 79.9. The summed E-state index contributed by atoms with van der Waals surface area (Å²) >= 11 is 3.49. The fourth-order valence-electron chi connectivity index (χ4n) is 2.02. The fraction of sp³-hybridized carbons (Fsp3) is 0.667. The molecule has 1 aromatic rings. The Morgan fingerprint density at radius 2 is 2.62 bits per heavy atom. The summed E-state index contributed by atoms with van der Waals surface area (Å²) in [6, 6.07) is 0.575. The molecule has 0 fully saturated rings. The molecule has 0 saturated carbocycles. The van der Waals surface area contributed by atoms with Crippen LogP contribution in [0.1, 0.15) is 24.6 Å². The van der Waals surface area contributed by atoms with Gasteiger partial charge in [0, 0.05) is 24.5 Å². The van der Waals surface area contributed by atoms with Crippen LogP contribution in [-0.2, 0) is 6.42 Å². The fourth-order valence-corrected chi connectivity index (χ4v) is 2.64. The van der Waals surface area contributed by atoms with Crippen molar-refractivity contribution in [3.05, 3.63) is 16.6 Å². The van der Waals surface area contributed by atoms with E-state index in [2.05, 4.69) is 30.8 Å². The van der Waals surface area contributed by atoms with Crippen molar-refractivity contribution in [2.24, 2.45) is 0 Å². The second kappa shape index (κ2) is 3.80. The number of likely N-dealkylation sites (N-methyl/N-ethyl adjacent to an activating group) is 1. The standard InChI is InChI=1S/C9H14BrN3/c1-11-5-7-3-2-4-8-6-12-9(10)13(7)8/h6-7,11H,2-5H2,1H3. The van der Waals surface area contributed by atoms with Gasteiger partial charge >= 0.3 is 0 Å². The smallest absolute Gasteiger partial charge is 0.177 e. The molecule has 0 bridgehead atoms. The number of halogens is 1. The van der Waals surface area contributed by atoms with Crippen molar-refractivity contribution >= 4 is 15.9 Å². The van der Waals surface area contributed by atoms with Gasteiger partial charge in [-0.15, -0.1) is 0 Å². The van der Waals surface area contributed by atoms with Gasteiger partial charge in [-0.25, -0.2) is 4.98 Å². The molecule has 0 spiro atoms. The van der Waals surface area contributed by atoms with Gasteiger partial charge in [-0.1, -0.05) is 0 Å². The minimum Gasteiger partial charge on any atom is -0.318 e. The molecule has 1 unspecified atom stereocenters. The molecule has 1 aliphatic heterocycles. The number of imidazole rings is 1. The summed E-state index contributed by atoms with van der Waals surface area (Å²) in [6.07, 6.45) is 5.68. The number of hydrogen-bond acceptors (Lipinski definition) is 2. The number of aromatic nitrogens is 2. The van der Waals surface area contributed by atoms with Gasteiger partial charge in [0.25, 0.3) is 0 Å². The van der Waals surface area contributed by atoms with Gasteiger partial charge in [-0.3, -0.25) is 0 Å². The van der Waals surface area contributed by atoms with Crippen LogP contribution in [0.3, 0.4) is 0 Å². The molecule has 0 saturated heterocycles. The van der Waals surface area contributed by atoms with Gasteiger partial charge in [0.15, 0.2) is 4.73 Å². The topological polar surface area (TPSA) is 29.9 Å². The molecule has 1 aliphatic rings. The molecule has 13 heavy (non-hydrogen) atoms. The average Bonchev–Trinajstić information content (AvgIpc) is 2.50. The Labute approximate surface area is 86.7 Å². The van der Waals surface area contributed by atoms with Crippen LogP contribution < -0.4 is 5.32 Å². The number of fused-ring (bicyclic) bond motifs is 1. The first-order valence-corrected chi connectivity index (χ1v) is 5.48. The minimum atomic E-state index is 0.575. The predicted molar refractivity (Wildman–Crippen MR) is 55.8 cm³/mol. The number of hydrogen-bond donors (Lipinski definition) is 1. The molecule has 2 heterocycles. The van der Waals surface area contributed by atoms with E-state index in [1.165, 1.54) is 25.0 Å². The highest BCUT2D eigenvalue weighted by Gasteiger charge is 2.21. The van der Waals surface area contributed by atoms with Crippen molar-refractivity contribution in [3.8, 4) is 0 Å². The molecular formula is C9H14BrN3. The Kier molecular flexibility index (Phi) is 2.69. The molecule has 0 amide bonds. The summed E-state index contributed by atoms with van der Waals surface area (Å²) in [5, 5.41) is 3.23. The van der Waals surface area contributed by atoms with E-state index >= 15 is 0 Å². The van der Waals surface area contributed by atoms with Crippen LogP contribution in [0.25, 0.3) is 0 Å². The maximum absolute atomic E-state index is 4.28. The lowest BCUT2D eigenvalue weighted by Crippen LogP contribution is -2.26. The molecule has 2 rings (SSSR count). The van der Waals surface area contributed by atoms with Crippen LogP contribution in [0.5, 0.6) is 0 Å². The molecule has 4 heteroatoms. The lowest BCUT2D eigenvalue weighted by molar-refractivity contribution is 0.384. The SMILES string of the molecule is CNCC1CCCc2cnc(Br)n21. The van der Waals surface area contributed by atoms with E-state index in [-0.39, 0.29) is 0 Å². The molecule has 3 nitrogen and oxygen atoms in total. The van der Waals surface area contributed by atoms with Gasteiger partial charge in [0.2, 0.25) is 0 Å². The molecule has 1 atom stereocenters. The number of nitrogens with one attached hydrogen (secondary N) is 1.